The van der Waals surface area contributed by atoms with Crippen molar-refractivity contribution in [2.45, 2.75) is 11.0 Å². The predicted molar refractivity (Wildman–Crippen MR) is 128 cm³/mol. The Kier molecular flexibility index (Phi) is 6.55. The summed E-state index contributed by atoms with van der Waals surface area (Å²) >= 11 is 0. The molecule has 36 heavy (non-hydrogen) atoms. The van der Waals surface area contributed by atoms with Gasteiger partial charge in [-0.25, -0.2) is 12.8 Å². The Morgan fingerprint density at radius 1 is 0.917 bits per heavy atom. The molecule has 1 atom stereocenters. The molecule has 5 rings (SSSR count). The Labute approximate surface area is 207 Å². The van der Waals surface area contributed by atoms with Crippen LogP contribution >= 0.6 is 0 Å². The summed E-state index contributed by atoms with van der Waals surface area (Å²) in [4.78, 5) is 12.8. The fourth-order valence-electron chi connectivity index (χ4n) is 3.81. The second kappa shape index (κ2) is 9.94. The van der Waals surface area contributed by atoms with E-state index in [9.17, 15) is 17.6 Å². The van der Waals surface area contributed by atoms with Crippen LogP contribution in [0.5, 0.6) is 23.0 Å². The molecule has 3 aromatic rings. The zero-order valence-corrected chi connectivity index (χ0v) is 19.9. The van der Waals surface area contributed by atoms with E-state index in [1.54, 1.807) is 12.1 Å². The first-order chi connectivity index (χ1) is 17.4. The van der Waals surface area contributed by atoms with Crippen LogP contribution in [0.15, 0.2) is 71.6 Å². The van der Waals surface area contributed by atoms with E-state index in [0.29, 0.717) is 29.6 Å². The van der Waals surface area contributed by atoms with E-state index in [-0.39, 0.29) is 30.3 Å². The highest BCUT2D eigenvalue weighted by atomic mass is 32.2. The zero-order valence-electron chi connectivity index (χ0n) is 19.1. The van der Waals surface area contributed by atoms with Crippen LogP contribution in [0, 0.1) is 5.82 Å². The minimum absolute atomic E-state index is 0.0931. The lowest BCUT2D eigenvalue weighted by Crippen LogP contribution is -2.45. The maximum atomic E-state index is 13.6. The molecule has 1 N–H and O–H groups in total. The molecule has 9 nitrogen and oxygen atoms in total. The third kappa shape index (κ3) is 5.01. The third-order valence-electron chi connectivity index (χ3n) is 5.60. The van der Waals surface area contributed by atoms with E-state index in [1.165, 1.54) is 30.3 Å². The second-order valence-corrected chi connectivity index (χ2v) is 9.96. The molecule has 2 aliphatic rings. The smallest absolute Gasteiger partial charge is 0.264 e. The van der Waals surface area contributed by atoms with E-state index in [0.717, 1.165) is 16.4 Å². The maximum absolute atomic E-state index is 13.6. The lowest BCUT2D eigenvalue weighted by molar-refractivity contribution is -0.120. The quantitative estimate of drug-likeness (QED) is 0.517. The third-order valence-corrected chi connectivity index (χ3v) is 7.37. The summed E-state index contributed by atoms with van der Waals surface area (Å²) < 4.78 is 64.1. The Hall–Kier alpha value is -3.99. The van der Waals surface area contributed by atoms with Crippen LogP contribution in [-0.2, 0) is 14.8 Å². The number of hydrogen-bond donors (Lipinski definition) is 1. The fourth-order valence-corrected chi connectivity index (χ4v) is 5.25. The Bertz CT molecular complexity index is 1370. The molecule has 0 aromatic heterocycles. The monoisotopic (exact) mass is 514 g/mol. The molecule has 2 aliphatic heterocycles. The molecule has 0 aliphatic carbocycles. The number of carbonyl (C=O) groups excluding carboxylic acids is 1. The number of anilines is 1. The van der Waals surface area contributed by atoms with Gasteiger partial charge < -0.3 is 24.3 Å². The van der Waals surface area contributed by atoms with Crippen LogP contribution in [-0.4, -0.2) is 53.3 Å². The van der Waals surface area contributed by atoms with Crippen molar-refractivity contribution in [1.29, 1.82) is 0 Å². The zero-order chi connectivity index (χ0) is 25.1. The van der Waals surface area contributed by atoms with Crippen LogP contribution in [0.1, 0.15) is 0 Å². The summed E-state index contributed by atoms with van der Waals surface area (Å²) in [6.45, 7) is 0.454. The molecule has 188 valence electrons. The van der Waals surface area contributed by atoms with Gasteiger partial charge in [-0.15, -0.1) is 0 Å². The maximum Gasteiger partial charge on any atom is 0.264 e. The number of benzene rings is 3. The first kappa shape index (κ1) is 23.7. The number of nitrogens with one attached hydrogen (secondary N) is 1. The van der Waals surface area contributed by atoms with Crippen LogP contribution < -0.4 is 28.6 Å². The normalized spacial score (nSPS) is 16.2. The van der Waals surface area contributed by atoms with Gasteiger partial charge in [0.25, 0.3) is 10.0 Å². The standard InChI is InChI=1S/C25H23FN2O7S/c26-17-5-7-18(8-6-17)28(36(30,31)20-9-10-22-24(13-20)33-12-11-32-22)15-25(29)27-14-19-16-34-21-3-1-2-4-23(21)35-19/h1-10,13,19H,11-12,14-16H2,(H,27,29)/t19-/m1/s1. The SMILES string of the molecule is O=C(CN(c1ccc(F)cc1)S(=O)(=O)c1ccc2c(c1)OCCO2)NC[C@@H]1COc2ccccc2O1. The van der Waals surface area contributed by atoms with E-state index < -0.39 is 34.4 Å². The van der Waals surface area contributed by atoms with Crippen LogP contribution in [0.4, 0.5) is 10.1 Å². The molecular weight excluding hydrogens is 491 g/mol. The van der Waals surface area contributed by atoms with Crippen molar-refractivity contribution >= 4 is 21.6 Å². The summed E-state index contributed by atoms with van der Waals surface area (Å²) in [5, 5.41) is 2.70. The van der Waals surface area contributed by atoms with E-state index >= 15 is 0 Å². The lowest BCUT2D eigenvalue weighted by atomic mass is 10.2. The lowest BCUT2D eigenvalue weighted by Gasteiger charge is -2.28. The van der Waals surface area contributed by atoms with Crippen LogP contribution in [0.2, 0.25) is 0 Å². The number of carbonyl (C=O) groups is 1. The van der Waals surface area contributed by atoms with E-state index in [1.807, 2.05) is 12.1 Å². The molecule has 3 aromatic carbocycles. The van der Waals surface area contributed by atoms with Gasteiger partial charge in [0.05, 0.1) is 17.1 Å². The number of nitrogens with zero attached hydrogens (tertiary/aromatic N) is 1. The highest BCUT2D eigenvalue weighted by Crippen LogP contribution is 2.34. The summed E-state index contributed by atoms with van der Waals surface area (Å²) in [5.41, 5.74) is 0.132. The predicted octanol–water partition coefficient (Wildman–Crippen LogP) is 2.75. The molecule has 0 radical (unpaired) electrons. The first-order valence-electron chi connectivity index (χ1n) is 11.2. The Balaban J connectivity index is 1.33. The summed E-state index contributed by atoms with van der Waals surface area (Å²) in [6, 6.07) is 16.3. The number of ether oxygens (including phenoxy) is 4. The van der Waals surface area contributed by atoms with Gasteiger partial charge >= 0.3 is 0 Å². The minimum atomic E-state index is -4.22. The minimum Gasteiger partial charge on any atom is -0.486 e. The van der Waals surface area contributed by atoms with Gasteiger partial charge in [-0.3, -0.25) is 9.10 Å². The number of fused-ring (bicyclic) bond motifs is 2. The average molecular weight is 515 g/mol. The van der Waals surface area contributed by atoms with Crippen molar-refractivity contribution < 1.29 is 36.6 Å². The van der Waals surface area contributed by atoms with Crippen molar-refractivity contribution in [3.05, 3.63) is 72.5 Å². The number of amides is 1. The molecule has 0 saturated carbocycles. The topological polar surface area (TPSA) is 103 Å². The van der Waals surface area contributed by atoms with Crippen LogP contribution in [0.3, 0.4) is 0 Å². The second-order valence-electron chi connectivity index (χ2n) is 8.10. The molecule has 0 saturated heterocycles. The number of sulfonamides is 1. The molecule has 2 heterocycles. The highest BCUT2D eigenvalue weighted by Gasteiger charge is 2.29. The van der Waals surface area contributed by atoms with Crippen LogP contribution in [0.25, 0.3) is 0 Å². The number of rotatable bonds is 7. The summed E-state index contributed by atoms with van der Waals surface area (Å²) in [6.07, 6.45) is -0.447. The van der Waals surface area contributed by atoms with Gasteiger partial charge in [0, 0.05) is 6.07 Å². The molecule has 11 heteroatoms. The molecule has 0 fully saturated rings. The number of hydrogen-bond acceptors (Lipinski definition) is 7. The van der Waals surface area contributed by atoms with Crippen molar-refractivity contribution in [2.24, 2.45) is 0 Å². The molecule has 0 spiro atoms. The number of para-hydroxylation sites is 2. The van der Waals surface area contributed by atoms with Crippen molar-refractivity contribution in [3.63, 3.8) is 0 Å². The molecular formula is C25H23FN2O7S. The highest BCUT2D eigenvalue weighted by molar-refractivity contribution is 7.92. The van der Waals surface area contributed by atoms with Gasteiger partial charge in [-0.05, 0) is 48.5 Å². The molecule has 0 unspecified atom stereocenters. The van der Waals surface area contributed by atoms with Gasteiger partial charge in [0.1, 0.15) is 38.3 Å². The number of halogens is 1. The molecule has 0 bridgehead atoms. The molecule has 1 amide bonds. The average Bonchev–Trinajstić information content (AvgIpc) is 2.90. The fraction of sp³-hybridized carbons (Fsp3) is 0.240. The van der Waals surface area contributed by atoms with Gasteiger partial charge in [0.15, 0.2) is 23.0 Å². The van der Waals surface area contributed by atoms with Gasteiger partial charge in [-0.1, -0.05) is 12.1 Å². The summed E-state index contributed by atoms with van der Waals surface area (Å²) in [7, 11) is -4.22. The van der Waals surface area contributed by atoms with E-state index in [4.69, 9.17) is 18.9 Å². The van der Waals surface area contributed by atoms with Crippen molar-refractivity contribution in [1.82, 2.24) is 5.32 Å². The largest absolute Gasteiger partial charge is 0.486 e. The van der Waals surface area contributed by atoms with E-state index in [2.05, 4.69) is 5.32 Å². The van der Waals surface area contributed by atoms with Crippen molar-refractivity contribution in [3.8, 4) is 23.0 Å². The van der Waals surface area contributed by atoms with Gasteiger partial charge in [-0.2, -0.15) is 0 Å². The Morgan fingerprint density at radius 2 is 1.61 bits per heavy atom. The Morgan fingerprint density at radius 3 is 2.39 bits per heavy atom. The first-order valence-corrected chi connectivity index (χ1v) is 12.7. The summed E-state index contributed by atoms with van der Waals surface area (Å²) in [5.74, 6) is 0.811. The van der Waals surface area contributed by atoms with Gasteiger partial charge in [0.2, 0.25) is 5.91 Å². The van der Waals surface area contributed by atoms with Crippen molar-refractivity contribution in [2.75, 3.05) is 37.2 Å².